The zero-order valence-corrected chi connectivity index (χ0v) is 10.4. The Bertz CT molecular complexity index is 599. The summed E-state index contributed by atoms with van der Waals surface area (Å²) in [5, 5.41) is 8.76. The minimum atomic E-state index is -3.56. The van der Waals surface area contributed by atoms with Crippen LogP contribution in [0.5, 0.6) is 0 Å². The third-order valence-corrected chi connectivity index (χ3v) is 4.84. The number of anilines is 1. The maximum Gasteiger partial charge on any atom is 0.305 e. The van der Waals surface area contributed by atoms with Crippen molar-refractivity contribution in [2.75, 3.05) is 17.7 Å². The normalized spacial score (nSPS) is 21.4. The third-order valence-electron chi connectivity index (χ3n) is 3.01. The molecule has 1 aliphatic rings. The fourth-order valence-electron chi connectivity index (χ4n) is 2.08. The molecule has 0 saturated carbocycles. The third kappa shape index (κ3) is 2.17. The summed E-state index contributed by atoms with van der Waals surface area (Å²) >= 11 is 0. The van der Waals surface area contributed by atoms with Gasteiger partial charge in [0.15, 0.2) is 9.84 Å². The molecule has 0 aliphatic carbocycles. The second-order valence-electron chi connectivity index (χ2n) is 4.26. The van der Waals surface area contributed by atoms with E-state index in [1.54, 1.807) is 7.05 Å². The molecular weight excluding hydrogens is 261 g/mol. The van der Waals surface area contributed by atoms with Gasteiger partial charge in [0.1, 0.15) is 5.82 Å². The summed E-state index contributed by atoms with van der Waals surface area (Å²) in [6.45, 7) is 0. The van der Waals surface area contributed by atoms with Gasteiger partial charge >= 0.3 is 5.97 Å². The van der Waals surface area contributed by atoms with Gasteiger partial charge in [0, 0.05) is 7.05 Å². The molecule has 0 aromatic heterocycles. The first-order valence-corrected chi connectivity index (χ1v) is 6.93. The smallest absolute Gasteiger partial charge is 0.305 e. The van der Waals surface area contributed by atoms with E-state index in [0.29, 0.717) is 0 Å². The highest BCUT2D eigenvalue weighted by atomic mass is 32.2. The molecule has 1 aliphatic heterocycles. The van der Waals surface area contributed by atoms with Crippen LogP contribution in [0.3, 0.4) is 0 Å². The van der Waals surface area contributed by atoms with Crippen LogP contribution in [0.25, 0.3) is 0 Å². The summed E-state index contributed by atoms with van der Waals surface area (Å²) in [5.74, 6) is -1.90. The van der Waals surface area contributed by atoms with E-state index in [4.69, 9.17) is 5.11 Å². The van der Waals surface area contributed by atoms with Gasteiger partial charge in [-0.25, -0.2) is 12.8 Å². The van der Waals surface area contributed by atoms with Crippen LogP contribution >= 0.6 is 0 Å². The van der Waals surface area contributed by atoms with E-state index < -0.39 is 27.7 Å². The molecule has 7 heteroatoms. The molecule has 1 aromatic carbocycles. The average molecular weight is 273 g/mol. The number of hydrogen-bond donors (Lipinski definition) is 1. The number of carboxylic acid groups (broad SMARTS) is 1. The molecule has 1 aromatic rings. The van der Waals surface area contributed by atoms with Gasteiger partial charge in [-0.2, -0.15) is 0 Å². The Labute approximate surface area is 104 Å². The highest BCUT2D eigenvalue weighted by Gasteiger charge is 2.35. The Hall–Kier alpha value is -1.63. The number of carboxylic acids is 1. The average Bonchev–Trinajstić information content (AvgIpc) is 2.24. The molecule has 1 N–H and O–H groups in total. The Morgan fingerprint density at radius 1 is 1.56 bits per heavy atom. The van der Waals surface area contributed by atoms with Crippen LogP contribution in [0.2, 0.25) is 0 Å². The number of carbonyl (C=O) groups is 1. The highest BCUT2D eigenvalue weighted by molar-refractivity contribution is 7.91. The lowest BCUT2D eigenvalue weighted by Gasteiger charge is -2.34. The Balaban J connectivity index is 2.52. The molecule has 5 nitrogen and oxygen atoms in total. The molecule has 1 heterocycles. The summed E-state index contributed by atoms with van der Waals surface area (Å²) in [6, 6.07) is 2.73. The summed E-state index contributed by atoms with van der Waals surface area (Å²) in [5.41, 5.74) is 0.215. The number of benzene rings is 1. The molecule has 0 fully saturated rings. The lowest BCUT2D eigenvalue weighted by atomic mass is 10.1. The van der Waals surface area contributed by atoms with Gasteiger partial charge in [-0.1, -0.05) is 0 Å². The molecular formula is C11H12FNO4S. The number of nitrogens with zero attached hydrogens (tertiary/aromatic N) is 1. The lowest BCUT2D eigenvalue weighted by Crippen LogP contribution is -2.43. The fourth-order valence-corrected chi connectivity index (χ4v) is 3.90. The van der Waals surface area contributed by atoms with Crippen LogP contribution in [0.4, 0.5) is 10.1 Å². The Kier molecular flexibility index (Phi) is 3.02. The lowest BCUT2D eigenvalue weighted by molar-refractivity contribution is -0.137. The number of aliphatic carboxylic acids is 1. The summed E-state index contributed by atoms with van der Waals surface area (Å²) in [4.78, 5) is 12.3. The molecule has 0 spiro atoms. The van der Waals surface area contributed by atoms with E-state index in [2.05, 4.69) is 0 Å². The molecule has 0 amide bonds. The molecule has 2 rings (SSSR count). The van der Waals surface area contributed by atoms with Gasteiger partial charge in [-0.05, 0) is 18.2 Å². The number of fused-ring (bicyclic) bond motifs is 1. The van der Waals surface area contributed by atoms with Crippen molar-refractivity contribution in [2.24, 2.45) is 0 Å². The van der Waals surface area contributed by atoms with Crippen molar-refractivity contribution in [1.29, 1.82) is 0 Å². The minimum Gasteiger partial charge on any atom is -0.481 e. The topological polar surface area (TPSA) is 74.7 Å². The number of halogens is 1. The van der Waals surface area contributed by atoms with Crippen LogP contribution in [0, 0.1) is 5.82 Å². The number of sulfone groups is 1. The second kappa shape index (κ2) is 4.24. The standard InChI is InChI=1S/C11H12FNO4S/c1-13-8(5-11(14)15)6-18(16,17)10-3-2-7(12)4-9(10)13/h2-4,8H,5-6H2,1H3,(H,14,15). The molecule has 1 unspecified atom stereocenters. The van der Waals surface area contributed by atoms with E-state index in [1.165, 1.54) is 11.0 Å². The number of hydrogen-bond acceptors (Lipinski definition) is 4. The van der Waals surface area contributed by atoms with Crippen molar-refractivity contribution in [3.8, 4) is 0 Å². The molecule has 98 valence electrons. The van der Waals surface area contributed by atoms with Crippen LogP contribution in [-0.4, -0.2) is 38.3 Å². The predicted molar refractivity (Wildman–Crippen MR) is 62.9 cm³/mol. The van der Waals surface area contributed by atoms with E-state index in [1.807, 2.05) is 0 Å². The van der Waals surface area contributed by atoms with E-state index in [-0.39, 0.29) is 22.8 Å². The SMILES string of the molecule is CN1c2cc(F)ccc2S(=O)(=O)CC1CC(=O)O. The first-order chi connectivity index (χ1) is 8.31. The summed E-state index contributed by atoms with van der Waals surface area (Å²) < 4.78 is 37.1. The van der Waals surface area contributed by atoms with Crippen LogP contribution in [-0.2, 0) is 14.6 Å². The van der Waals surface area contributed by atoms with Gasteiger partial charge in [-0.3, -0.25) is 4.79 Å². The van der Waals surface area contributed by atoms with Crippen molar-refractivity contribution in [2.45, 2.75) is 17.4 Å². The predicted octanol–water partition coefficient (Wildman–Crippen LogP) is 0.893. The maximum atomic E-state index is 13.2. The van der Waals surface area contributed by atoms with Crippen LogP contribution < -0.4 is 4.90 Å². The van der Waals surface area contributed by atoms with Crippen LogP contribution in [0.1, 0.15) is 6.42 Å². The van der Waals surface area contributed by atoms with Crippen molar-refractivity contribution in [1.82, 2.24) is 0 Å². The molecule has 0 radical (unpaired) electrons. The quantitative estimate of drug-likeness (QED) is 0.810. The van der Waals surface area contributed by atoms with Gasteiger partial charge in [0.25, 0.3) is 0 Å². The molecule has 1 atom stereocenters. The van der Waals surface area contributed by atoms with Gasteiger partial charge < -0.3 is 10.0 Å². The number of rotatable bonds is 2. The molecule has 18 heavy (non-hydrogen) atoms. The highest BCUT2D eigenvalue weighted by Crippen LogP contribution is 2.33. The van der Waals surface area contributed by atoms with Gasteiger partial charge in [-0.15, -0.1) is 0 Å². The monoisotopic (exact) mass is 273 g/mol. The van der Waals surface area contributed by atoms with Crippen molar-refractivity contribution >= 4 is 21.5 Å². The Morgan fingerprint density at radius 2 is 2.22 bits per heavy atom. The van der Waals surface area contributed by atoms with Crippen molar-refractivity contribution in [3.63, 3.8) is 0 Å². The Morgan fingerprint density at radius 3 is 2.83 bits per heavy atom. The van der Waals surface area contributed by atoms with Crippen molar-refractivity contribution in [3.05, 3.63) is 24.0 Å². The van der Waals surface area contributed by atoms with E-state index >= 15 is 0 Å². The zero-order valence-electron chi connectivity index (χ0n) is 9.63. The fraction of sp³-hybridized carbons (Fsp3) is 0.364. The van der Waals surface area contributed by atoms with Gasteiger partial charge in [0.05, 0.1) is 28.8 Å². The zero-order chi connectivity index (χ0) is 13.5. The largest absolute Gasteiger partial charge is 0.481 e. The molecule has 0 saturated heterocycles. The minimum absolute atomic E-state index is 0.0491. The first-order valence-electron chi connectivity index (χ1n) is 5.28. The van der Waals surface area contributed by atoms with E-state index in [0.717, 1.165) is 12.1 Å². The second-order valence-corrected chi connectivity index (χ2v) is 6.26. The summed E-state index contributed by atoms with van der Waals surface area (Å²) in [7, 11) is -1.99. The molecule has 0 bridgehead atoms. The van der Waals surface area contributed by atoms with Crippen molar-refractivity contribution < 1.29 is 22.7 Å². The maximum absolute atomic E-state index is 13.2. The summed E-state index contributed by atoms with van der Waals surface area (Å²) in [6.07, 6.45) is -0.300. The van der Waals surface area contributed by atoms with E-state index in [9.17, 15) is 17.6 Å². The van der Waals surface area contributed by atoms with Gasteiger partial charge in [0.2, 0.25) is 0 Å². The van der Waals surface area contributed by atoms with Crippen LogP contribution in [0.15, 0.2) is 23.1 Å². The first kappa shape index (κ1) is 12.8.